The van der Waals surface area contributed by atoms with Gasteiger partial charge in [-0.1, -0.05) is 0 Å². The van der Waals surface area contributed by atoms with E-state index in [2.05, 4.69) is 4.98 Å². The summed E-state index contributed by atoms with van der Waals surface area (Å²) in [6.07, 6.45) is 0.0196. The first-order valence-electron chi connectivity index (χ1n) is 3.76. The number of hydrogen-bond acceptors (Lipinski definition) is 2. The highest BCUT2D eigenvalue weighted by Crippen LogP contribution is 2.26. The van der Waals surface area contributed by atoms with Crippen molar-refractivity contribution in [1.82, 2.24) is 9.55 Å². The fraction of sp³-hybridized carbons (Fsp3) is 0.571. The summed E-state index contributed by atoms with van der Waals surface area (Å²) in [7, 11) is 0. The maximum absolute atomic E-state index is 12.2. The van der Waals surface area contributed by atoms with Gasteiger partial charge in [0.25, 0.3) is 0 Å². The van der Waals surface area contributed by atoms with Crippen LogP contribution in [0.4, 0.5) is 13.2 Å². The van der Waals surface area contributed by atoms with E-state index in [-0.39, 0.29) is 6.54 Å². The fourth-order valence-electron chi connectivity index (χ4n) is 0.961. The van der Waals surface area contributed by atoms with Crippen LogP contribution in [0.1, 0.15) is 0 Å². The van der Waals surface area contributed by atoms with Crippen molar-refractivity contribution in [2.75, 3.05) is 6.54 Å². The summed E-state index contributed by atoms with van der Waals surface area (Å²) in [5.74, 6) is -1.50. The monoisotopic (exact) mass is 193 g/mol. The molecule has 74 valence electrons. The largest absolute Gasteiger partial charge is 0.394 e. The lowest BCUT2D eigenvalue weighted by Gasteiger charge is -2.18. The third kappa shape index (κ3) is 2.73. The number of rotatable bonds is 3. The van der Waals surface area contributed by atoms with Gasteiger partial charge in [0.05, 0.1) is 12.2 Å². The van der Waals surface area contributed by atoms with Crippen molar-refractivity contribution < 1.29 is 13.2 Å². The molecule has 1 aromatic rings. The molecule has 13 heavy (non-hydrogen) atoms. The Morgan fingerprint density at radius 1 is 1.46 bits per heavy atom. The molecule has 0 aliphatic heterocycles. The Hall–Kier alpha value is -1.04. The van der Waals surface area contributed by atoms with Crippen LogP contribution in [-0.2, 0) is 6.54 Å². The highest BCUT2D eigenvalue weighted by molar-refractivity contribution is 4.78. The quantitative estimate of drug-likeness (QED) is 0.778. The van der Waals surface area contributed by atoms with Gasteiger partial charge in [-0.2, -0.15) is 13.2 Å². The Labute approximate surface area is 73.4 Å². The summed E-state index contributed by atoms with van der Waals surface area (Å²) < 4.78 is 38.0. The predicted molar refractivity (Wildman–Crippen MR) is 40.8 cm³/mol. The van der Waals surface area contributed by atoms with E-state index in [0.29, 0.717) is 0 Å². The predicted octanol–water partition coefficient (Wildman–Crippen LogP) is 1.02. The Bertz CT molecular complexity index is 242. The Balaban J connectivity index is 2.60. The molecule has 1 rings (SSSR count). The molecule has 0 aliphatic carbocycles. The van der Waals surface area contributed by atoms with Crippen LogP contribution < -0.4 is 5.73 Å². The molecule has 1 aromatic heterocycles. The van der Waals surface area contributed by atoms with Crippen LogP contribution in [0.2, 0.25) is 0 Å². The van der Waals surface area contributed by atoms with Crippen molar-refractivity contribution in [2.45, 2.75) is 12.7 Å². The summed E-state index contributed by atoms with van der Waals surface area (Å²) in [5, 5.41) is 0. The topological polar surface area (TPSA) is 43.8 Å². The van der Waals surface area contributed by atoms with Gasteiger partial charge in [0.1, 0.15) is 0 Å². The third-order valence-corrected chi connectivity index (χ3v) is 1.74. The number of hydrogen-bond donors (Lipinski definition) is 1. The Morgan fingerprint density at radius 3 is 2.54 bits per heavy atom. The lowest BCUT2D eigenvalue weighted by molar-refractivity contribution is -0.175. The van der Waals surface area contributed by atoms with Gasteiger partial charge in [-0.05, 0) is 0 Å². The fourth-order valence-corrected chi connectivity index (χ4v) is 0.961. The Kier molecular flexibility index (Phi) is 2.92. The van der Waals surface area contributed by atoms with E-state index in [1.807, 2.05) is 0 Å². The number of imidazole rings is 1. The first kappa shape index (κ1) is 10.0. The normalized spacial score (nSPS) is 14.5. The molecule has 0 amide bonds. The molecule has 0 radical (unpaired) electrons. The second-order valence-electron chi connectivity index (χ2n) is 2.73. The van der Waals surface area contributed by atoms with Gasteiger partial charge < -0.3 is 10.3 Å². The van der Waals surface area contributed by atoms with Gasteiger partial charge in [0.15, 0.2) is 0 Å². The number of nitrogens with zero attached hydrogens (tertiary/aromatic N) is 2. The van der Waals surface area contributed by atoms with Crippen LogP contribution in [-0.4, -0.2) is 22.3 Å². The summed E-state index contributed by atoms with van der Waals surface area (Å²) in [6, 6.07) is 0. The molecule has 1 atom stereocenters. The van der Waals surface area contributed by atoms with Crippen LogP contribution >= 0.6 is 0 Å². The average Bonchev–Trinajstić information content (AvgIpc) is 2.49. The maximum Gasteiger partial charge on any atom is 0.394 e. The number of aromatic nitrogens is 2. The minimum atomic E-state index is -4.24. The van der Waals surface area contributed by atoms with E-state index in [4.69, 9.17) is 5.73 Å². The first-order valence-corrected chi connectivity index (χ1v) is 3.76. The van der Waals surface area contributed by atoms with Gasteiger partial charge in [-0.25, -0.2) is 4.98 Å². The van der Waals surface area contributed by atoms with Gasteiger partial charge in [-0.15, -0.1) is 0 Å². The average molecular weight is 193 g/mol. The minimum absolute atomic E-state index is 0.167. The standard InChI is InChI=1S/C7H10F3N3/c8-7(9,10)6(3-11)4-13-2-1-12-5-13/h1-2,5-6H,3-4,11H2. The van der Waals surface area contributed by atoms with Crippen LogP contribution in [0.5, 0.6) is 0 Å². The van der Waals surface area contributed by atoms with Gasteiger partial charge >= 0.3 is 6.18 Å². The molecule has 0 saturated heterocycles. The molecule has 1 heterocycles. The van der Waals surface area contributed by atoms with Gasteiger partial charge in [0.2, 0.25) is 0 Å². The molecule has 0 bridgehead atoms. The van der Waals surface area contributed by atoms with E-state index < -0.39 is 18.6 Å². The van der Waals surface area contributed by atoms with E-state index in [0.717, 1.165) is 0 Å². The van der Waals surface area contributed by atoms with E-state index in [1.54, 1.807) is 0 Å². The summed E-state index contributed by atoms with van der Waals surface area (Å²) in [6.45, 7) is -0.568. The van der Waals surface area contributed by atoms with Gasteiger partial charge in [-0.3, -0.25) is 0 Å². The van der Waals surface area contributed by atoms with Crippen LogP contribution in [0.25, 0.3) is 0 Å². The lowest BCUT2D eigenvalue weighted by atomic mass is 10.1. The molecule has 0 fully saturated rings. The zero-order chi connectivity index (χ0) is 9.90. The second-order valence-corrected chi connectivity index (χ2v) is 2.73. The van der Waals surface area contributed by atoms with Gasteiger partial charge in [0, 0.05) is 25.5 Å². The number of alkyl halides is 3. The van der Waals surface area contributed by atoms with Crippen molar-refractivity contribution in [1.29, 1.82) is 0 Å². The Morgan fingerprint density at radius 2 is 2.15 bits per heavy atom. The molecular weight excluding hydrogens is 183 g/mol. The molecule has 1 unspecified atom stereocenters. The molecule has 0 saturated carbocycles. The van der Waals surface area contributed by atoms with E-state index in [9.17, 15) is 13.2 Å². The van der Waals surface area contributed by atoms with E-state index >= 15 is 0 Å². The molecule has 0 aliphatic rings. The maximum atomic E-state index is 12.2. The molecule has 6 heteroatoms. The highest BCUT2D eigenvalue weighted by atomic mass is 19.4. The zero-order valence-electron chi connectivity index (χ0n) is 6.83. The smallest absolute Gasteiger partial charge is 0.337 e. The molecule has 3 nitrogen and oxygen atoms in total. The zero-order valence-corrected chi connectivity index (χ0v) is 6.83. The van der Waals surface area contributed by atoms with Crippen molar-refractivity contribution in [3.05, 3.63) is 18.7 Å². The van der Waals surface area contributed by atoms with E-state index in [1.165, 1.54) is 23.3 Å². The summed E-state index contributed by atoms with van der Waals surface area (Å²) >= 11 is 0. The van der Waals surface area contributed by atoms with Crippen LogP contribution in [0.15, 0.2) is 18.7 Å². The molecule has 0 aromatic carbocycles. The molecule has 2 N–H and O–H groups in total. The van der Waals surface area contributed by atoms with Crippen LogP contribution in [0.3, 0.4) is 0 Å². The molecular formula is C7H10F3N3. The minimum Gasteiger partial charge on any atom is -0.337 e. The van der Waals surface area contributed by atoms with Crippen molar-refractivity contribution in [3.8, 4) is 0 Å². The van der Waals surface area contributed by atoms with Crippen molar-refractivity contribution in [2.24, 2.45) is 11.7 Å². The lowest BCUT2D eigenvalue weighted by Crippen LogP contribution is -2.33. The molecule has 0 spiro atoms. The second kappa shape index (κ2) is 3.78. The SMILES string of the molecule is NCC(Cn1ccnc1)C(F)(F)F. The van der Waals surface area contributed by atoms with Crippen molar-refractivity contribution >= 4 is 0 Å². The number of nitrogens with two attached hydrogens (primary N) is 1. The summed E-state index contributed by atoms with van der Waals surface area (Å²) in [5.41, 5.74) is 5.02. The van der Waals surface area contributed by atoms with Crippen LogP contribution in [0, 0.1) is 5.92 Å². The number of halogens is 3. The highest BCUT2D eigenvalue weighted by Gasteiger charge is 2.38. The van der Waals surface area contributed by atoms with Crippen molar-refractivity contribution in [3.63, 3.8) is 0 Å². The third-order valence-electron chi connectivity index (χ3n) is 1.74. The first-order chi connectivity index (χ1) is 6.04. The summed E-state index contributed by atoms with van der Waals surface area (Å²) in [4.78, 5) is 3.65.